The number of halogens is 2. The number of aryl methyl sites for hydroxylation is 1. The molecule has 7 rings (SSSR count). The van der Waals surface area contributed by atoms with Crippen LogP contribution in [0, 0.1) is 11.2 Å². The molecule has 1 spiro atoms. The van der Waals surface area contributed by atoms with Gasteiger partial charge in [-0.25, -0.2) is 9.07 Å². The smallest absolute Gasteiger partial charge is 0.287 e. The van der Waals surface area contributed by atoms with Crippen LogP contribution in [0.2, 0.25) is 5.02 Å². The first-order valence-electron chi connectivity index (χ1n) is 17.9. The minimum absolute atomic E-state index is 0.0634. The molecular formula is C38H45ClFN7O4. The van der Waals surface area contributed by atoms with Crippen LogP contribution in [0.5, 0.6) is 0 Å². The first-order chi connectivity index (χ1) is 24.5. The molecule has 3 aromatic rings. The van der Waals surface area contributed by atoms with E-state index >= 15 is 4.39 Å². The van der Waals surface area contributed by atoms with Gasteiger partial charge in [0, 0.05) is 75.6 Å². The van der Waals surface area contributed by atoms with Gasteiger partial charge in [0.1, 0.15) is 10.8 Å². The molecule has 0 saturated carbocycles. The predicted octanol–water partition coefficient (Wildman–Crippen LogP) is 4.52. The molecule has 5 heterocycles. The van der Waals surface area contributed by atoms with E-state index < -0.39 is 17.6 Å². The SMILES string of the molecule is CN1CC(Nc2cnn(C)c(=O)c2Cl)CC(c2ccc(C(=O)N3CCC4(CC3)CCN(c3ccc(C5CCC(=O)NC5=O)c(F)c3)CC4)cc2)C1. The van der Waals surface area contributed by atoms with Crippen molar-refractivity contribution in [2.45, 2.75) is 62.8 Å². The Balaban J connectivity index is 0.911. The zero-order chi connectivity index (χ0) is 35.9. The molecule has 3 amide bonds. The van der Waals surface area contributed by atoms with Crippen LogP contribution in [0.3, 0.4) is 0 Å². The van der Waals surface area contributed by atoms with Crippen molar-refractivity contribution in [1.29, 1.82) is 0 Å². The van der Waals surface area contributed by atoms with Gasteiger partial charge >= 0.3 is 0 Å². The molecule has 51 heavy (non-hydrogen) atoms. The molecule has 4 aliphatic heterocycles. The van der Waals surface area contributed by atoms with Gasteiger partial charge < -0.3 is 20.0 Å². The largest absolute Gasteiger partial charge is 0.378 e. The number of rotatable bonds is 6. The molecule has 3 unspecified atom stereocenters. The second kappa shape index (κ2) is 14.4. The highest BCUT2D eigenvalue weighted by Crippen LogP contribution is 2.43. The van der Waals surface area contributed by atoms with Crippen LogP contribution in [0.4, 0.5) is 15.8 Å². The van der Waals surface area contributed by atoms with E-state index in [0.29, 0.717) is 23.2 Å². The van der Waals surface area contributed by atoms with E-state index in [9.17, 15) is 19.2 Å². The minimum atomic E-state index is -0.639. The number of nitrogens with one attached hydrogen (secondary N) is 2. The van der Waals surface area contributed by atoms with Gasteiger partial charge in [-0.2, -0.15) is 5.10 Å². The molecule has 3 atom stereocenters. The molecule has 4 saturated heterocycles. The summed E-state index contributed by atoms with van der Waals surface area (Å²) in [7, 11) is 3.66. The van der Waals surface area contributed by atoms with Gasteiger partial charge in [-0.15, -0.1) is 0 Å². The van der Waals surface area contributed by atoms with Crippen molar-refractivity contribution in [1.82, 2.24) is 24.9 Å². The van der Waals surface area contributed by atoms with E-state index in [1.54, 1.807) is 19.3 Å². The monoisotopic (exact) mass is 717 g/mol. The average Bonchev–Trinajstić information content (AvgIpc) is 3.12. The Morgan fingerprint density at radius 2 is 1.69 bits per heavy atom. The van der Waals surface area contributed by atoms with E-state index in [1.807, 2.05) is 23.1 Å². The summed E-state index contributed by atoms with van der Waals surface area (Å²) in [5.41, 5.74) is 3.41. The molecular weight excluding hydrogens is 673 g/mol. The van der Waals surface area contributed by atoms with Crippen LogP contribution in [0.15, 0.2) is 53.5 Å². The third-order valence-corrected chi connectivity index (χ3v) is 12.0. The number of anilines is 2. The Morgan fingerprint density at radius 1 is 0.980 bits per heavy atom. The lowest BCUT2D eigenvalue weighted by Crippen LogP contribution is -2.48. The van der Waals surface area contributed by atoms with Gasteiger partial charge in [0.2, 0.25) is 11.8 Å². The third-order valence-electron chi connectivity index (χ3n) is 11.6. The Bertz CT molecular complexity index is 1870. The number of hydrogen-bond donors (Lipinski definition) is 2. The van der Waals surface area contributed by atoms with Crippen molar-refractivity contribution in [2.75, 3.05) is 56.5 Å². The number of imide groups is 1. The van der Waals surface area contributed by atoms with Gasteiger partial charge in [-0.1, -0.05) is 29.8 Å². The van der Waals surface area contributed by atoms with Gasteiger partial charge in [0.25, 0.3) is 11.5 Å². The van der Waals surface area contributed by atoms with Crippen molar-refractivity contribution in [2.24, 2.45) is 12.5 Å². The number of benzene rings is 2. The van der Waals surface area contributed by atoms with Gasteiger partial charge in [0.05, 0.1) is 17.8 Å². The Kier molecular flexibility index (Phi) is 9.91. The van der Waals surface area contributed by atoms with E-state index in [2.05, 4.69) is 44.7 Å². The molecule has 4 fully saturated rings. The second-order valence-electron chi connectivity index (χ2n) is 14.9. The highest BCUT2D eigenvalue weighted by atomic mass is 35.5. The summed E-state index contributed by atoms with van der Waals surface area (Å²) in [4.78, 5) is 56.1. The lowest BCUT2D eigenvalue weighted by Gasteiger charge is -2.47. The summed E-state index contributed by atoms with van der Waals surface area (Å²) in [6.45, 7) is 4.76. The molecule has 13 heteroatoms. The summed E-state index contributed by atoms with van der Waals surface area (Å²) in [5, 5.41) is 9.99. The third kappa shape index (κ3) is 7.39. The molecule has 2 aromatic carbocycles. The molecule has 4 aliphatic rings. The van der Waals surface area contributed by atoms with Crippen LogP contribution in [-0.2, 0) is 16.6 Å². The highest BCUT2D eigenvalue weighted by Gasteiger charge is 2.39. The van der Waals surface area contributed by atoms with Crippen molar-refractivity contribution < 1.29 is 18.8 Å². The van der Waals surface area contributed by atoms with E-state index in [4.69, 9.17) is 11.6 Å². The summed E-state index contributed by atoms with van der Waals surface area (Å²) in [6, 6.07) is 13.2. The fourth-order valence-corrected chi connectivity index (χ4v) is 8.71. The quantitative estimate of drug-likeness (QED) is 0.358. The fourth-order valence-electron chi connectivity index (χ4n) is 8.49. The standard InChI is InChI=1S/C38H45ClFN7O4/c1-44-22-26(19-27(23-44)42-32-21-41-45(2)37(51)34(32)39)24-3-5-25(6-4-24)36(50)47-17-13-38(14-18-47)11-15-46(16-12-38)28-7-8-29(31(40)20-28)30-9-10-33(48)43-35(30)49/h3-8,20-21,26-27,30,42H,9-19,22-23H2,1-2H3,(H,43,48,49). The highest BCUT2D eigenvalue weighted by molar-refractivity contribution is 6.32. The lowest BCUT2D eigenvalue weighted by atomic mass is 9.71. The summed E-state index contributed by atoms with van der Waals surface area (Å²) >= 11 is 6.31. The number of carbonyl (C=O) groups excluding carboxylic acids is 3. The summed E-state index contributed by atoms with van der Waals surface area (Å²) in [6.07, 6.45) is 6.85. The molecule has 0 aliphatic carbocycles. The van der Waals surface area contributed by atoms with Gasteiger partial charge in [-0.3, -0.25) is 24.5 Å². The van der Waals surface area contributed by atoms with Crippen LogP contribution < -0.4 is 21.1 Å². The first kappa shape index (κ1) is 35.1. The van der Waals surface area contributed by atoms with E-state index in [0.717, 1.165) is 77.1 Å². The summed E-state index contributed by atoms with van der Waals surface area (Å²) in [5.74, 6) is -1.47. The van der Waals surface area contributed by atoms with E-state index in [1.165, 1.54) is 16.3 Å². The minimum Gasteiger partial charge on any atom is -0.378 e. The average molecular weight is 718 g/mol. The van der Waals surface area contributed by atoms with Crippen molar-refractivity contribution in [3.05, 3.63) is 86.5 Å². The lowest BCUT2D eigenvalue weighted by molar-refractivity contribution is -0.134. The van der Waals surface area contributed by atoms with Gasteiger partial charge in [0.15, 0.2) is 0 Å². The molecule has 0 radical (unpaired) electrons. The zero-order valence-corrected chi connectivity index (χ0v) is 29.9. The van der Waals surface area contributed by atoms with Crippen LogP contribution in [0.25, 0.3) is 0 Å². The Morgan fingerprint density at radius 3 is 2.37 bits per heavy atom. The van der Waals surface area contributed by atoms with Crippen LogP contribution >= 0.6 is 11.6 Å². The number of aromatic nitrogens is 2. The molecule has 2 N–H and O–H groups in total. The Labute approximate surface area is 302 Å². The van der Waals surface area contributed by atoms with Crippen molar-refractivity contribution >= 4 is 40.7 Å². The number of hydrogen-bond acceptors (Lipinski definition) is 8. The maximum absolute atomic E-state index is 15.2. The number of nitrogens with zero attached hydrogens (tertiary/aromatic N) is 5. The maximum atomic E-state index is 15.2. The summed E-state index contributed by atoms with van der Waals surface area (Å²) < 4.78 is 16.4. The van der Waals surface area contributed by atoms with Crippen molar-refractivity contribution in [3.63, 3.8) is 0 Å². The van der Waals surface area contributed by atoms with Crippen molar-refractivity contribution in [3.8, 4) is 0 Å². The topological polar surface area (TPSA) is 120 Å². The first-order valence-corrected chi connectivity index (χ1v) is 18.3. The Hall–Kier alpha value is -4.29. The second-order valence-corrected chi connectivity index (χ2v) is 15.3. The zero-order valence-electron chi connectivity index (χ0n) is 29.2. The molecule has 1 aromatic heterocycles. The fraction of sp³-hybridized carbons (Fsp3) is 0.500. The molecule has 0 bridgehead atoms. The predicted molar refractivity (Wildman–Crippen MR) is 194 cm³/mol. The molecule has 270 valence electrons. The normalized spacial score (nSPS) is 24.0. The van der Waals surface area contributed by atoms with Crippen LogP contribution in [-0.4, -0.2) is 89.7 Å². The number of piperidine rings is 4. The van der Waals surface area contributed by atoms with Gasteiger partial charge in [-0.05, 0) is 86.7 Å². The molecule has 11 nitrogen and oxygen atoms in total. The number of amides is 3. The number of likely N-dealkylation sites (tertiary alicyclic amines) is 2. The maximum Gasteiger partial charge on any atom is 0.287 e. The number of carbonyl (C=O) groups is 3. The van der Waals surface area contributed by atoms with Crippen LogP contribution in [0.1, 0.15) is 78.3 Å². The van der Waals surface area contributed by atoms with E-state index in [-0.39, 0.29) is 46.2 Å². The number of likely N-dealkylation sites (N-methyl/N-ethyl adjacent to an activating group) is 1.